The lowest BCUT2D eigenvalue weighted by Gasteiger charge is -2.34. The van der Waals surface area contributed by atoms with Crippen LogP contribution in [0.15, 0.2) is 265 Å². The summed E-state index contributed by atoms with van der Waals surface area (Å²) >= 11 is 0. The molecule has 15 rings (SSSR count). The molecule has 0 radical (unpaired) electrons. The molecule has 0 aliphatic heterocycles. The zero-order chi connectivity index (χ0) is 48.0. The van der Waals surface area contributed by atoms with Gasteiger partial charge in [-0.05, 0) is 93.4 Å². The monoisotopic (exact) mass is 949 g/mol. The molecule has 4 heterocycles. The summed E-state index contributed by atoms with van der Waals surface area (Å²) in [5.74, 6) is 0. The fraction of sp³-hybridized carbons (Fsp3) is 0.0294. The van der Waals surface area contributed by atoms with E-state index < -0.39 is 8.07 Å². The van der Waals surface area contributed by atoms with E-state index >= 15 is 0 Å². The minimum absolute atomic E-state index is 0.689. The van der Waals surface area contributed by atoms with Crippen LogP contribution in [0.3, 0.4) is 0 Å². The van der Waals surface area contributed by atoms with Crippen molar-refractivity contribution in [2.45, 2.75) is 12.6 Å². The second-order valence-corrected chi connectivity index (χ2v) is 23.5. The lowest BCUT2D eigenvalue weighted by atomic mass is 10.1. The molecule has 4 nitrogen and oxygen atoms in total. The molecule has 0 atom stereocenters. The highest BCUT2D eigenvalue weighted by Gasteiger charge is 2.40. The van der Waals surface area contributed by atoms with Gasteiger partial charge in [-0.15, -0.1) is 0 Å². The van der Waals surface area contributed by atoms with Crippen molar-refractivity contribution in [2.24, 2.45) is 0 Å². The van der Waals surface area contributed by atoms with Gasteiger partial charge in [-0.3, -0.25) is 0 Å². The molecule has 0 unspecified atom stereocenters. The second-order valence-electron chi connectivity index (χ2n) is 19.6. The predicted octanol–water partition coefficient (Wildman–Crippen LogP) is 15.2. The Morgan fingerprint density at radius 1 is 0.315 bits per heavy atom. The van der Waals surface area contributed by atoms with Gasteiger partial charge in [-0.2, -0.15) is 0 Å². The molecule has 344 valence electrons. The molecular weight excluding hydrogens is 903 g/mol. The summed E-state index contributed by atoms with van der Waals surface area (Å²) in [5, 5.41) is 14.0. The number of aromatic nitrogens is 3. The van der Waals surface area contributed by atoms with Crippen LogP contribution < -0.4 is 15.6 Å². The van der Waals surface area contributed by atoms with Crippen molar-refractivity contribution in [3.63, 3.8) is 0 Å². The topological polar surface area (TPSA) is 27.9 Å². The van der Waals surface area contributed by atoms with Crippen molar-refractivity contribution in [1.29, 1.82) is 0 Å². The van der Waals surface area contributed by atoms with E-state index in [-0.39, 0.29) is 0 Å². The number of para-hydroxylation sites is 6. The van der Waals surface area contributed by atoms with Crippen LogP contribution in [0.4, 0.5) is 0 Å². The third kappa shape index (κ3) is 6.32. The summed E-state index contributed by atoms with van der Waals surface area (Å²) in [6.07, 6.45) is 0. The van der Waals surface area contributed by atoms with E-state index in [0.29, 0.717) is 6.54 Å². The molecule has 0 N–H and O–H groups in total. The highest BCUT2D eigenvalue weighted by atomic mass is 28.3. The number of fused-ring (bicyclic) bond motifs is 12. The van der Waals surface area contributed by atoms with Crippen LogP contribution in [-0.4, -0.2) is 21.8 Å². The van der Waals surface area contributed by atoms with E-state index in [4.69, 9.17) is 4.42 Å². The summed E-state index contributed by atoms with van der Waals surface area (Å²) in [7, 11) is -2.88. The molecule has 4 aromatic heterocycles. The number of hydrogen-bond acceptors (Lipinski definition) is 1. The molecule has 0 aliphatic rings. The van der Waals surface area contributed by atoms with Crippen LogP contribution in [-0.2, 0) is 12.6 Å². The molecule has 0 fully saturated rings. The standard InChI is InChI=1S/C68H47N3OSi/c1-3-23-50(24-4-1)73(51-25-5-2-6-26-51,52-27-19-22-48(42-52)70-61-35-13-7-28-53(61)54-29-8-14-36-62(54)70)45-47-21-18-38-64-67(47)59-32-10-12-34-60(59)69(64)44-46-20-17-33-58-55-30-9-15-37-63(55)71(68(46)58)49-40-41-57-56-31-11-16-39-65(56)72-66(57)43-49/h1-43H,44-45H2. The summed E-state index contributed by atoms with van der Waals surface area (Å²) in [4.78, 5) is 0. The van der Waals surface area contributed by atoms with Crippen molar-refractivity contribution in [3.8, 4) is 11.4 Å². The molecule has 0 spiro atoms. The third-order valence-corrected chi connectivity index (χ3v) is 20.6. The van der Waals surface area contributed by atoms with Gasteiger partial charge in [0.15, 0.2) is 8.07 Å². The normalized spacial score (nSPS) is 12.2. The van der Waals surface area contributed by atoms with Gasteiger partial charge in [0.2, 0.25) is 0 Å². The van der Waals surface area contributed by atoms with Gasteiger partial charge in [-0.1, -0.05) is 194 Å². The Kier molecular flexibility index (Phi) is 9.38. The van der Waals surface area contributed by atoms with Crippen molar-refractivity contribution in [3.05, 3.63) is 272 Å². The van der Waals surface area contributed by atoms with E-state index in [1.54, 1.807) is 0 Å². The molecule has 73 heavy (non-hydrogen) atoms. The molecule has 0 saturated heterocycles. The highest BCUT2D eigenvalue weighted by molar-refractivity contribution is 7.11. The number of benzene rings is 11. The van der Waals surface area contributed by atoms with E-state index in [9.17, 15) is 0 Å². The third-order valence-electron chi connectivity index (χ3n) is 15.8. The Balaban J connectivity index is 0.934. The van der Waals surface area contributed by atoms with E-state index in [0.717, 1.165) is 33.7 Å². The first-order valence-corrected chi connectivity index (χ1v) is 27.5. The Bertz CT molecular complexity index is 4540. The maximum atomic E-state index is 6.50. The average Bonchev–Trinajstić information content (AvgIpc) is 4.20. The fourth-order valence-electron chi connectivity index (χ4n) is 12.6. The quantitative estimate of drug-likeness (QED) is 0.105. The Labute approximate surface area is 422 Å². The first-order valence-electron chi connectivity index (χ1n) is 25.3. The smallest absolute Gasteiger partial charge is 0.152 e. The van der Waals surface area contributed by atoms with Crippen molar-refractivity contribution >= 4 is 111 Å². The molecule has 15 aromatic rings. The van der Waals surface area contributed by atoms with Crippen LogP contribution in [0.25, 0.3) is 98.7 Å². The number of nitrogens with zero attached hydrogens (tertiary/aromatic N) is 3. The zero-order valence-corrected chi connectivity index (χ0v) is 41.0. The van der Waals surface area contributed by atoms with Crippen LogP contribution >= 0.6 is 0 Å². The average molecular weight is 950 g/mol. The van der Waals surface area contributed by atoms with Crippen LogP contribution in [0.2, 0.25) is 0 Å². The largest absolute Gasteiger partial charge is 0.456 e. The second kappa shape index (κ2) is 16.5. The molecule has 0 saturated carbocycles. The molecule has 0 aliphatic carbocycles. The lowest BCUT2D eigenvalue weighted by Crippen LogP contribution is -2.69. The van der Waals surface area contributed by atoms with Gasteiger partial charge in [0, 0.05) is 71.6 Å². The minimum atomic E-state index is -2.88. The highest BCUT2D eigenvalue weighted by Crippen LogP contribution is 2.40. The minimum Gasteiger partial charge on any atom is -0.456 e. The van der Waals surface area contributed by atoms with E-state index in [2.05, 4.69) is 268 Å². The first-order chi connectivity index (χ1) is 36.2. The Morgan fingerprint density at radius 3 is 1.52 bits per heavy atom. The number of hydrogen-bond donors (Lipinski definition) is 0. The number of furan rings is 1. The SMILES string of the molecule is c1ccc([Si](Cc2cccc3c2c2ccccc2n3Cc2cccc3c4ccccc4n(-c4ccc5c(c4)oc4ccccc45)c23)(c2ccccc2)c2cccc(-n3c4ccccc4c4ccccc43)c2)cc1. The zero-order valence-electron chi connectivity index (χ0n) is 40.0. The number of rotatable bonds is 9. The van der Waals surface area contributed by atoms with Crippen molar-refractivity contribution in [2.75, 3.05) is 0 Å². The maximum absolute atomic E-state index is 6.50. The molecular formula is C68H47N3OSi. The maximum Gasteiger partial charge on any atom is 0.152 e. The van der Waals surface area contributed by atoms with Crippen LogP contribution in [0, 0.1) is 0 Å². The summed E-state index contributed by atoms with van der Waals surface area (Å²) in [6, 6.07) is 97.7. The van der Waals surface area contributed by atoms with Gasteiger partial charge in [-0.25, -0.2) is 0 Å². The van der Waals surface area contributed by atoms with Crippen molar-refractivity contribution in [1.82, 2.24) is 13.7 Å². The fourth-order valence-corrected chi connectivity index (χ4v) is 17.4. The summed E-state index contributed by atoms with van der Waals surface area (Å²) < 4.78 is 14.0. The van der Waals surface area contributed by atoms with E-state index in [1.165, 1.54) is 97.8 Å². The molecule has 0 bridgehead atoms. The van der Waals surface area contributed by atoms with E-state index in [1.807, 2.05) is 6.07 Å². The summed E-state index contributed by atoms with van der Waals surface area (Å²) in [6.45, 7) is 0.689. The molecule has 5 heteroatoms. The lowest BCUT2D eigenvalue weighted by molar-refractivity contribution is 0.668. The molecule has 0 amide bonds. The van der Waals surface area contributed by atoms with Gasteiger partial charge >= 0.3 is 0 Å². The van der Waals surface area contributed by atoms with Gasteiger partial charge in [0.1, 0.15) is 11.2 Å². The molecule has 11 aromatic carbocycles. The Morgan fingerprint density at radius 2 is 0.808 bits per heavy atom. The van der Waals surface area contributed by atoms with Gasteiger partial charge in [0.05, 0.1) is 28.6 Å². The van der Waals surface area contributed by atoms with Gasteiger partial charge in [0.25, 0.3) is 0 Å². The van der Waals surface area contributed by atoms with Gasteiger partial charge < -0.3 is 18.1 Å². The predicted molar refractivity (Wildman–Crippen MR) is 309 cm³/mol. The van der Waals surface area contributed by atoms with Crippen molar-refractivity contribution < 1.29 is 4.42 Å². The van der Waals surface area contributed by atoms with Crippen LogP contribution in [0.1, 0.15) is 11.1 Å². The Hall–Kier alpha value is -9.16. The van der Waals surface area contributed by atoms with Crippen LogP contribution in [0.5, 0.6) is 0 Å². The summed E-state index contributed by atoms with van der Waals surface area (Å²) in [5.41, 5.74) is 14.0. The first kappa shape index (κ1) is 41.6.